The number of carbonyl (C=O) groups is 3. The van der Waals surface area contributed by atoms with Crippen LogP contribution in [0.5, 0.6) is 0 Å². The van der Waals surface area contributed by atoms with Crippen LogP contribution in [-0.4, -0.2) is 88.5 Å². The van der Waals surface area contributed by atoms with E-state index in [2.05, 4.69) is 10.3 Å². The Balaban J connectivity index is 1.39. The molecule has 0 aliphatic carbocycles. The zero-order chi connectivity index (χ0) is 21.5. The van der Waals surface area contributed by atoms with Gasteiger partial charge in [0.25, 0.3) is 0 Å². The first kappa shape index (κ1) is 22.8. The van der Waals surface area contributed by atoms with E-state index in [1.54, 1.807) is 4.90 Å². The summed E-state index contributed by atoms with van der Waals surface area (Å²) in [5.41, 5.74) is 0.0656. The number of rotatable bonds is 9. The van der Waals surface area contributed by atoms with E-state index in [1.807, 2.05) is 11.8 Å². The zero-order valence-electron chi connectivity index (χ0n) is 17.0. The fourth-order valence-electron chi connectivity index (χ4n) is 3.75. The Hall–Kier alpha value is -1.85. The Kier molecular flexibility index (Phi) is 8.34. The lowest BCUT2D eigenvalue weighted by atomic mass is 10.0. The summed E-state index contributed by atoms with van der Waals surface area (Å²) < 4.78 is 5.76. The highest BCUT2D eigenvalue weighted by atomic mass is 32.2. The minimum Gasteiger partial charge on any atom is -0.476 e. The molecule has 2 aliphatic rings. The number of likely N-dealkylation sites (tertiary alicyclic amines) is 2. The van der Waals surface area contributed by atoms with E-state index in [-0.39, 0.29) is 23.7 Å². The summed E-state index contributed by atoms with van der Waals surface area (Å²) in [4.78, 5) is 42.7. The Morgan fingerprint density at radius 3 is 2.80 bits per heavy atom. The first-order chi connectivity index (χ1) is 14.5. The number of carboxylic acid groups (broad SMARTS) is 1. The van der Waals surface area contributed by atoms with Crippen molar-refractivity contribution in [2.24, 2.45) is 0 Å². The van der Waals surface area contributed by atoms with Gasteiger partial charge >= 0.3 is 12.1 Å². The number of nitrogens with one attached hydrogen (secondary N) is 1. The predicted octanol–water partition coefficient (Wildman–Crippen LogP) is 2.13. The van der Waals surface area contributed by atoms with Gasteiger partial charge in [-0.05, 0) is 26.2 Å². The molecule has 1 atom stereocenters. The first-order valence-electron chi connectivity index (χ1n) is 10.2. The molecule has 166 valence electrons. The number of amides is 2. The molecule has 1 aromatic rings. The highest BCUT2D eigenvalue weighted by Gasteiger charge is 2.31. The molecule has 0 saturated carbocycles. The summed E-state index contributed by atoms with van der Waals surface area (Å²) in [6.45, 7) is 4.95. The van der Waals surface area contributed by atoms with E-state index in [0.717, 1.165) is 25.8 Å². The van der Waals surface area contributed by atoms with Gasteiger partial charge in [-0.3, -0.25) is 4.79 Å². The van der Waals surface area contributed by atoms with Gasteiger partial charge < -0.3 is 25.0 Å². The van der Waals surface area contributed by atoms with Gasteiger partial charge in [0.1, 0.15) is 0 Å². The standard InChI is InChI=1S/C19H28N4O5S2/c1-2-28-19(27)22-7-5-13(6-8-22)20-11-14-3-4-16(24)23(14)9-10-29-18-21-15(12-30-18)17(25)26/h12-14,20H,2-11H2,1H3,(H,25,26)/t14-/m1/s1. The van der Waals surface area contributed by atoms with Crippen LogP contribution in [0.15, 0.2) is 9.72 Å². The molecule has 2 amide bonds. The molecule has 0 unspecified atom stereocenters. The van der Waals surface area contributed by atoms with Crippen molar-refractivity contribution < 1.29 is 24.2 Å². The van der Waals surface area contributed by atoms with Gasteiger partial charge in [0.15, 0.2) is 10.0 Å². The maximum absolute atomic E-state index is 12.3. The fourth-order valence-corrected chi connectivity index (χ4v) is 5.56. The molecule has 2 N–H and O–H groups in total. The predicted molar refractivity (Wildman–Crippen MR) is 114 cm³/mol. The van der Waals surface area contributed by atoms with Crippen LogP contribution in [0.3, 0.4) is 0 Å². The first-order valence-corrected chi connectivity index (χ1v) is 12.1. The number of thiazole rings is 1. The molecule has 2 aliphatic heterocycles. The number of aromatic carboxylic acids is 1. The molecule has 0 spiro atoms. The summed E-state index contributed by atoms with van der Waals surface area (Å²) >= 11 is 2.80. The topological polar surface area (TPSA) is 112 Å². The lowest BCUT2D eigenvalue weighted by Gasteiger charge is -2.33. The summed E-state index contributed by atoms with van der Waals surface area (Å²) in [6.07, 6.45) is 2.94. The van der Waals surface area contributed by atoms with Crippen molar-refractivity contribution in [3.8, 4) is 0 Å². The van der Waals surface area contributed by atoms with Gasteiger partial charge in [-0.15, -0.1) is 11.3 Å². The molecule has 9 nitrogen and oxygen atoms in total. The van der Waals surface area contributed by atoms with Gasteiger partial charge in [-0.1, -0.05) is 11.8 Å². The number of carboxylic acids is 1. The van der Waals surface area contributed by atoms with Crippen molar-refractivity contribution in [3.05, 3.63) is 11.1 Å². The Bertz CT molecular complexity index is 751. The number of thioether (sulfide) groups is 1. The van der Waals surface area contributed by atoms with Crippen molar-refractivity contribution in [2.75, 3.05) is 38.5 Å². The van der Waals surface area contributed by atoms with Gasteiger partial charge in [0.05, 0.1) is 6.61 Å². The summed E-state index contributed by atoms with van der Waals surface area (Å²) in [6, 6.07) is 0.513. The van der Waals surface area contributed by atoms with Crippen LogP contribution in [0.25, 0.3) is 0 Å². The molecule has 0 aromatic carbocycles. The quantitative estimate of drug-likeness (QED) is 0.544. The minimum atomic E-state index is -1.02. The van der Waals surface area contributed by atoms with E-state index >= 15 is 0 Å². The van der Waals surface area contributed by atoms with Crippen molar-refractivity contribution in [1.82, 2.24) is 20.1 Å². The number of piperidine rings is 1. The zero-order valence-corrected chi connectivity index (χ0v) is 18.7. The van der Waals surface area contributed by atoms with Crippen molar-refractivity contribution in [2.45, 2.75) is 49.0 Å². The summed E-state index contributed by atoms with van der Waals surface area (Å²) in [5.74, 6) is -0.163. The van der Waals surface area contributed by atoms with Gasteiger partial charge in [0.2, 0.25) is 5.91 Å². The normalized spacial score (nSPS) is 20.0. The van der Waals surface area contributed by atoms with Crippen LogP contribution >= 0.6 is 23.1 Å². The molecule has 0 bridgehead atoms. The van der Waals surface area contributed by atoms with E-state index in [4.69, 9.17) is 9.84 Å². The van der Waals surface area contributed by atoms with Gasteiger partial charge in [-0.2, -0.15) is 0 Å². The maximum Gasteiger partial charge on any atom is 0.409 e. The molecule has 0 radical (unpaired) electrons. The molecule has 2 fully saturated rings. The van der Waals surface area contributed by atoms with Crippen LogP contribution < -0.4 is 5.32 Å². The van der Waals surface area contributed by atoms with Crippen LogP contribution in [0.2, 0.25) is 0 Å². The third-order valence-corrected chi connectivity index (χ3v) is 7.38. The second kappa shape index (κ2) is 11.0. The van der Waals surface area contributed by atoms with Crippen LogP contribution in [0.1, 0.15) is 43.1 Å². The van der Waals surface area contributed by atoms with Crippen LogP contribution in [-0.2, 0) is 9.53 Å². The molecular formula is C19H28N4O5S2. The summed E-state index contributed by atoms with van der Waals surface area (Å²) in [5, 5.41) is 14.1. The van der Waals surface area contributed by atoms with E-state index in [0.29, 0.717) is 48.8 Å². The minimum absolute atomic E-state index is 0.0656. The van der Waals surface area contributed by atoms with Crippen molar-refractivity contribution >= 4 is 41.1 Å². The van der Waals surface area contributed by atoms with Crippen molar-refractivity contribution in [3.63, 3.8) is 0 Å². The Morgan fingerprint density at radius 2 is 2.13 bits per heavy atom. The smallest absolute Gasteiger partial charge is 0.409 e. The van der Waals surface area contributed by atoms with Crippen molar-refractivity contribution in [1.29, 1.82) is 0 Å². The SMILES string of the molecule is CCOC(=O)N1CCC(NC[C@H]2CCC(=O)N2CCSc2nc(C(=O)O)cs2)CC1. The van der Waals surface area contributed by atoms with E-state index < -0.39 is 5.97 Å². The Labute approximate surface area is 184 Å². The molecule has 1 aromatic heterocycles. The number of hydrogen-bond acceptors (Lipinski definition) is 8. The molecule has 3 rings (SSSR count). The number of aromatic nitrogens is 1. The highest BCUT2D eigenvalue weighted by molar-refractivity contribution is 8.01. The van der Waals surface area contributed by atoms with E-state index in [1.165, 1.54) is 28.5 Å². The monoisotopic (exact) mass is 456 g/mol. The van der Waals surface area contributed by atoms with Crippen LogP contribution in [0.4, 0.5) is 4.79 Å². The van der Waals surface area contributed by atoms with Gasteiger partial charge in [0, 0.05) is 55.8 Å². The fraction of sp³-hybridized carbons (Fsp3) is 0.684. The lowest BCUT2D eigenvalue weighted by molar-refractivity contribution is -0.128. The molecule has 30 heavy (non-hydrogen) atoms. The largest absolute Gasteiger partial charge is 0.476 e. The second-order valence-electron chi connectivity index (χ2n) is 7.30. The van der Waals surface area contributed by atoms with E-state index in [9.17, 15) is 14.4 Å². The Morgan fingerprint density at radius 1 is 1.37 bits per heavy atom. The molecule has 11 heteroatoms. The van der Waals surface area contributed by atoms with Gasteiger partial charge in [-0.25, -0.2) is 14.6 Å². The molecule has 3 heterocycles. The summed E-state index contributed by atoms with van der Waals surface area (Å²) in [7, 11) is 0. The number of hydrogen-bond donors (Lipinski definition) is 2. The number of nitrogens with zero attached hydrogens (tertiary/aromatic N) is 3. The van der Waals surface area contributed by atoms with Crippen LogP contribution in [0, 0.1) is 0 Å². The lowest BCUT2D eigenvalue weighted by Crippen LogP contribution is -2.48. The average molecular weight is 457 g/mol. The highest BCUT2D eigenvalue weighted by Crippen LogP contribution is 2.25. The third-order valence-electron chi connectivity index (χ3n) is 5.38. The molecule has 2 saturated heterocycles. The number of carbonyl (C=O) groups excluding carboxylic acids is 2. The average Bonchev–Trinajstić information content (AvgIpc) is 3.35. The third kappa shape index (κ3) is 6.08. The number of ether oxygens (including phenoxy) is 1. The maximum atomic E-state index is 12.3. The second-order valence-corrected chi connectivity index (χ2v) is 9.50. The molecular weight excluding hydrogens is 428 g/mol.